The lowest BCUT2D eigenvalue weighted by Crippen LogP contribution is -2.68. The summed E-state index contributed by atoms with van der Waals surface area (Å²) in [5, 5.41) is 140. The summed E-state index contributed by atoms with van der Waals surface area (Å²) in [7, 11) is 0. The first-order chi connectivity index (χ1) is 31.3. The largest absolute Gasteiger partial charge is 0.394 e. The van der Waals surface area contributed by atoms with Crippen molar-refractivity contribution in [2.24, 2.45) is 45.3 Å². The van der Waals surface area contributed by atoms with Gasteiger partial charge in [0.05, 0.1) is 43.7 Å². The molecule has 13 N–H and O–H groups in total. The van der Waals surface area contributed by atoms with E-state index < -0.39 is 147 Å². The number of aliphatic hydroxyl groups excluding tert-OH is 13. The lowest BCUT2D eigenvalue weighted by atomic mass is 9.35. The molecule has 19 nitrogen and oxygen atoms in total. The summed E-state index contributed by atoms with van der Waals surface area (Å²) >= 11 is 0. The van der Waals surface area contributed by atoms with Crippen molar-refractivity contribution < 1.29 is 94.8 Å². The van der Waals surface area contributed by atoms with Gasteiger partial charge in [-0.25, -0.2) is 0 Å². The molecule has 7 aliphatic rings. The second-order valence-electron chi connectivity index (χ2n) is 23.0. The summed E-state index contributed by atoms with van der Waals surface area (Å²) < 4.78 is 37.1. The van der Waals surface area contributed by atoms with Crippen molar-refractivity contribution in [3.05, 3.63) is 12.2 Å². The summed E-state index contributed by atoms with van der Waals surface area (Å²) in [6.45, 7) is 16.8. The van der Waals surface area contributed by atoms with Gasteiger partial charge in [0.15, 0.2) is 18.9 Å². The van der Waals surface area contributed by atoms with Crippen LogP contribution in [0.1, 0.15) is 106 Å². The zero-order valence-corrected chi connectivity index (χ0v) is 40.2. The van der Waals surface area contributed by atoms with Crippen LogP contribution < -0.4 is 0 Å². The van der Waals surface area contributed by atoms with Crippen molar-refractivity contribution >= 4 is 0 Å². The van der Waals surface area contributed by atoms with Crippen LogP contribution in [0.5, 0.6) is 0 Å². The predicted octanol–water partition coefficient (Wildman–Crippen LogP) is -1.06. The number of hydrogen-bond acceptors (Lipinski definition) is 19. The Kier molecular flexibility index (Phi) is 15.9. The van der Waals surface area contributed by atoms with E-state index in [9.17, 15) is 66.4 Å². The minimum Gasteiger partial charge on any atom is -0.394 e. The number of ether oxygens (including phenoxy) is 6. The second kappa shape index (κ2) is 19.8. The molecule has 3 heterocycles. The van der Waals surface area contributed by atoms with Crippen molar-refractivity contribution in [3.63, 3.8) is 0 Å². The fourth-order valence-corrected chi connectivity index (χ4v) is 14.9. The molecule has 19 heteroatoms. The molecular weight excluding hydrogens is 881 g/mol. The molecule has 388 valence electrons. The average Bonchev–Trinajstić information content (AvgIpc) is 3.67. The Bertz CT molecular complexity index is 1700. The van der Waals surface area contributed by atoms with Crippen LogP contribution in [0.4, 0.5) is 0 Å². The Morgan fingerprint density at radius 1 is 0.642 bits per heavy atom. The minimum absolute atomic E-state index is 0.0563. The van der Waals surface area contributed by atoms with E-state index >= 15 is 0 Å². The first-order valence-electron chi connectivity index (χ1n) is 24.5. The Balaban J connectivity index is 1.13. The van der Waals surface area contributed by atoms with Gasteiger partial charge in [-0.3, -0.25) is 0 Å². The molecule has 3 saturated heterocycles. The Morgan fingerprint density at radius 2 is 1.16 bits per heavy atom. The monoisotopic (exact) mass is 963 g/mol. The standard InChI is InChI=1S/C48H82O19/c1-21(2)23(52)10-16-48(8,67-42-39(61)36(58)33(55)26(19-50)63-42)22-9-14-47(7)31(22)24(53)17-29-45(5)13-12-30(44(3,4)28(45)11-15-46(29,47)6)65-43-40(37(59)34(56)27(20-51)64-43)66-41-38(60)35(57)32(54)25(18-49)62-41/h22-43,49-61H,1,9-20H2,2-8H3/t22-,23?,24+,25+,26+,27+,28?,29?,30-,31-,32+,33+,34+,35-,36-,37-,38+,39+,40+,41-,42-,43-,45-,46+,47+,48-/m0/s1. The van der Waals surface area contributed by atoms with E-state index in [2.05, 4.69) is 41.2 Å². The third kappa shape index (κ3) is 9.03. The minimum atomic E-state index is -1.80. The van der Waals surface area contributed by atoms with E-state index in [1.165, 1.54) is 0 Å². The quantitative estimate of drug-likeness (QED) is 0.0729. The van der Waals surface area contributed by atoms with E-state index in [1.54, 1.807) is 6.92 Å². The molecule has 3 aliphatic heterocycles. The van der Waals surface area contributed by atoms with Crippen LogP contribution in [0.3, 0.4) is 0 Å². The molecule has 0 aromatic carbocycles. The van der Waals surface area contributed by atoms with Crippen LogP contribution >= 0.6 is 0 Å². The van der Waals surface area contributed by atoms with Crippen LogP contribution in [0.2, 0.25) is 0 Å². The highest BCUT2D eigenvalue weighted by Crippen LogP contribution is 2.76. The van der Waals surface area contributed by atoms with Gasteiger partial charge in [0.1, 0.15) is 73.2 Å². The summed E-state index contributed by atoms with van der Waals surface area (Å²) in [5.41, 5.74) is -2.06. The summed E-state index contributed by atoms with van der Waals surface area (Å²) in [4.78, 5) is 0. The molecule has 0 aromatic heterocycles. The van der Waals surface area contributed by atoms with Crippen molar-refractivity contribution in [2.45, 2.75) is 222 Å². The number of aliphatic hydroxyl groups is 13. The summed E-state index contributed by atoms with van der Waals surface area (Å²) in [5.74, 6) is -0.446. The zero-order valence-electron chi connectivity index (χ0n) is 40.2. The zero-order chi connectivity index (χ0) is 49.5. The van der Waals surface area contributed by atoms with Gasteiger partial charge in [0, 0.05) is 0 Å². The number of fused-ring (bicyclic) bond motifs is 5. The lowest BCUT2D eigenvalue weighted by Gasteiger charge is -2.71. The van der Waals surface area contributed by atoms with Crippen molar-refractivity contribution in [2.75, 3.05) is 19.8 Å². The molecule has 0 spiro atoms. The molecular formula is C48H82O19. The van der Waals surface area contributed by atoms with Crippen molar-refractivity contribution in [1.82, 2.24) is 0 Å². The van der Waals surface area contributed by atoms with E-state index in [-0.39, 0.29) is 40.9 Å². The fraction of sp³-hybridized carbons (Fsp3) is 0.958. The van der Waals surface area contributed by atoms with Crippen LogP contribution in [0, 0.1) is 45.3 Å². The Morgan fingerprint density at radius 3 is 1.73 bits per heavy atom. The Labute approximate surface area is 393 Å². The summed E-state index contributed by atoms with van der Waals surface area (Å²) in [6.07, 6.45) is -19.9. The third-order valence-electron chi connectivity index (χ3n) is 19.1. The first kappa shape index (κ1) is 53.8. The highest BCUT2D eigenvalue weighted by atomic mass is 16.8. The van der Waals surface area contributed by atoms with E-state index in [1.807, 2.05) is 6.92 Å². The first-order valence-corrected chi connectivity index (χ1v) is 24.5. The third-order valence-corrected chi connectivity index (χ3v) is 19.1. The van der Waals surface area contributed by atoms with Gasteiger partial charge in [-0.15, -0.1) is 0 Å². The molecule has 0 amide bonds. The molecule has 67 heavy (non-hydrogen) atoms. The highest BCUT2D eigenvalue weighted by molar-refractivity contribution is 5.20. The van der Waals surface area contributed by atoms with Crippen molar-refractivity contribution in [1.29, 1.82) is 0 Å². The molecule has 3 unspecified atom stereocenters. The molecule has 0 radical (unpaired) electrons. The van der Waals surface area contributed by atoms with E-state index in [0.29, 0.717) is 37.7 Å². The summed E-state index contributed by atoms with van der Waals surface area (Å²) in [6, 6.07) is 0. The molecule has 0 bridgehead atoms. The second-order valence-corrected chi connectivity index (χ2v) is 23.0. The lowest BCUT2D eigenvalue weighted by molar-refractivity contribution is -0.378. The van der Waals surface area contributed by atoms with Crippen LogP contribution in [-0.4, -0.2) is 202 Å². The van der Waals surface area contributed by atoms with Crippen molar-refractivity contribution in [3.8, 4) is 0 Å². The number of rotatable bonds is 14. The maximum absolute atomic E-state index is 12.7. The molecule has 7 rings (SSSR count). The number of hydrogen-bond donors (Lipinski definition) is 13. The van der Waals surface area contributed by atoms with Crippen LogP contribution in [0.25, 0.3) is 0 Å². The fourth-order valence-electron chi connectivity index (χ4n) is 14.9. The van der Waals surface area contributed by atoms with Gasteiger partial charge < -0.3 is 94.8 Å². The predicted molar refractivity (Wildman–Crippen MR) is 235 cm³/mol. The highest BCUT2D eigenvalue weighted by Gasteiger charge is 2.72. The van der Waals surface area contributed by atoms with Gasteiger partial charge in [-0.1, -0.05) is 46.8 Å². The maximum atomic E-state index is 12.7. The molecule has 7 fully saturated rings. The van der Waals surface area contributed by atoms with Gasteiger partial charge >= 0.3 is 0 Å². The maximum Gasteiger partial charge on any atom is 0.187 e. The molecule has 0 aromatic rings. The topological polar surface area (TPSA) is 318 Å². The van der Waals surface area contributed by atoms with Crippen LogP contribution in [0.15, 0.2) is 12.2 Å². The molecule has 26 atom stereocenters. The van der Waals surface area contributed by atoms with Gasteiger partial charge in [-0.05, 0) is 117 Å². The molecule has 4 aliphatic carbocycles. The van der Waals surface area contributed by atoms with Gasteiger partial charge in [0.2, 0.25) is 0 Å². The van der Waals surface area contributed by atoms with E-state index in [4.69, 9.17) is 28.4 Å². The van der Waals surface area contributed by atoms with Crippen LogP contribution in [-0.2, 0) is 28.4 Å². The molecule has 4 saturated carbocycles. The van der Waals surface area contributed by atoms with E-state index in [0.717, 1.165) is 19.3 Å². The van der Waals surface area contributed by atoms with Gasteiger partial charge in [-0.2, -0.15) is 0 Å². The Hall–Kier alpha value is -1.02. The smallest absolute Gasteiger partial charge is 0.187 e. The van der Waals surface area contributed by atoms with Gasteiger partial charge in [0.25, 0.3) is 0 Å². The normalized spacial score (nSPS) is 52.3. The average molecular weight is 963 g/mol. The SMILES string of the molecule is C=C(C)C(O)CC[C@](C)(O[C@@H]1O[C@H](CO)[C@@H](O)[C@H](O)[C@H]1O)[C@H]1CC[C@]2(C)[C@@H]1[C@H](O)CC1[C@@]3(C)CC[C@H](O[C@@H]4O[C@H](CO)[C@@H](O)[C@H](O)[C@H]4O[C@@H]4O[C@H](CO)[C@@H](O)[C@H](O)[C@H]4O)C(C)(C)C3CC[C@]12C.